The third-order valence-electron chi connectivity index (χ3n) is 4.89. The van der Waals surface area contributed by atoms with Crippen molar-refractivity contribution in [2.24, 2.45) is 0 Å². The third-order valence-corrected chi connectivity index (χ3v) is 6.19. The van der Waals surface area contributed by atoms with Crippen LogP contribution in [0.15, 0.2) is 59.8 Å². The van der Waals surface area contributed by atoms with Gasteiger partial charge < -0.3 is 5.32 Å². The van der Waals surface area contributed by atoms with Gasteiger partial charge in [0.2, 0.25) is 5.91 Å². The lowest BCUT2D eigenvalue weighted by molar-refractivity contribution is -0.115. The quantitative estimate of drug-likeness (QED) is 0.487. The fourth-order valence-corrected chi connectivity index (χ4v) is 4.30. The van der Waals surface area contributed by atoms with Gasteiger partial charge in [0.1, 0.15) is 0 Å². The molecule has 28 heavy (non-hydrogen) atoms. The zero-order valence-corrected chi connectivity index (χ0v) is 17.0. The van der Waals surface area contributed by atoms with Crippen molar-refractivity contribution in [3.05, 3.63) is 65.7 Å². The first-order valence-electron chi connectivity index (χ1n) is 9.35. The van der Waals surface area contributed by atoms with Crippen LogP contribution in [-0.4, -0.2) is 25.8 Å². The van der Waals surface area contributed by atoms with E-state index >= 15 is 0 Å². The van der Waals surface area contributed by atoms with E-state index in [0.717, 1.165) is 38.5 Å². The van der Waals surface area contributed by atoms with Crippen molar-refractivity contribution in [1.29, 1.82) is 0 Å². The molecule has 0 aliphatic rings. The second kappa shape index (κ2) is 7.64. The molecule has 1 atom stereocenters. The van der Waals surface area contributed by atoms with Crippen molar-refractivity contribution >= 4 is 39.9 Å². The Kier molecular flexibility index (Phi) is 5.05. The van der Waals surface area contributed by atoms with Gasteiger partial charge in [0.15, 0.2) is 10.8 Å². The summed E-state index contributed by atoms with van der Waals surface area (Å²) in [5.74, 6) is -0.0185. The molecule has 2 aromatic heterocycles. The van der Waals surface area contributed by atoms with Crippen molar-refractivity contribution in [3.8, 4) is 0 Å². The number of rotatable bonds is 5. The Balaban J connectivity index is 1.67. The van der Waals surface area contributed by atoms with E-state index in [1.807, 2.05) is 60.7 Å². The van der Waals surface area contributed by atoms with Crippen molar-refractivity contribution in [2.75, 3.05) is 5.32 Å². The van der Waals surface area contributed by atoms with E-state index in [0.29, 0.717) is 6.42 Å². The molecule has 0 saturated carbocycles. The highest BCUT2D eigenvalue weighted by Crippen LogP contribution is 2.29. The molecule has 1 unspecified atom stereocenters. The van der Waals surface area contributed by atoms with Crippen LogP contribution in [0.2, 0.25) is 0 Å². The molecular weight excluding hydrogens is 368 g/mol. The van der Waals surface area contributed by atoms with Gasteiger partial charge in [-0.2, -0.15) is 0 Å². The first-order valence-corrected chi connectivity index (χ1v) is 10.2. The zero-order valence-electron chi connectivity index (χ0n) is 16.1. The van der Waals surface area contributed by atoms with Crippen molar-refractivity contribution in [1.82, 2.24) is 14.6 Å². The summed E-state index contributed by atoms with van der Waals surface area (Å²) in [6.07, 6.45) is 0.696. The highest BCUT2D eigenvalue weighted by Gasteiger charge is 2.22. The summed E-state index contributed by atoms with van der Waals surface area (Å²) in [6.45, 7) is 6.08. The second-order valence-corrected chi connectivity index (χ2v) is 8.01. The van der Waals surface area contributed by atoms with Crippen LogP contribution in [-0.2, 0) is 4.79 Å². The van der Waals surface area contributed by atoms with E-state index in [9.17, 15) is 4.79 Å². The predicted molar refractivity (Wildman–Crippen MR) is 115 cm³/mol. The maximum absolute atomic E-state index is 12.9. The van der Waals surface area contributed by atoms with Crippen molar-refractivity contribution in [2.45, 2.75) is 37.6 Å². The lowest BCUT2D eigenvalue weighted by Gasteiger charge is -2.15. The number of aryl methyl sites for hydroxylation is 2. The number of benzene rings is 2. The Morgan fingerprint density at radius 1 is 1.07 bits per heavy atom. The average molecular weight is 391 g/mol. The van der Waals surface area contributed by atoms with Gasteiger partial charge in [0.25, 0.3) is 0 Å². The number of nitrogens with zero attached hydrogens (tertiary/aromatic N) is 3. The molecular formula is C22H22N4OS. The molecule has 0 spiro atoms. The minimum absolute atomic E-state index is 0.0185. The van der Waals surface area contributed by atoms with Crippen LogP contribution in [0.5, 0.6) is 0 Å². The largest absolute Gasteiger partial charge is 0.325 e. The summed E-state index contributed by atoms with van der Waals surface area (Å²) < 4.78 is 2.04. The van der Waals surface area contributed by atoms with Gasteiger partial charge in [0.05, 0.1) is 10.8 Å². The van der Waals surface area contributed by atoms with Gasteiger partial charge in [-0.25, -0.2) is 0 Å². The molecule has 1 amide bonds. The normalized spacial score (nSPS) is 12.4. The molecule has 2 heterocycles. The van der Waals surface area contributed by atoms with Gasteiger partial charge in [-0.05, 0) is 49.6 Å². The number of thioether (sulfide) groups is 1. The Morgan fingerprint density at radius 3 is 2.61 bits per heavy atom. The molecule has 0 bridgehead atoms. The molecule has 1 N–H and O–H groups in total. The summed E-state index contributed by atoms with van der Waals surface area (Å²) >= 11 is 1.46. The fourth-order valence-electron chi connectivity index (χ4n) is 3.33. The maximum Gasteiger partial charge on any atom is 0.237 e. The Morgan fingerprint density at radius 2 is 1.82 bits per heavy atom. The molecule has 0 aliphatic carbocycles. The zero-order chi connectivity index (χ0) is 19.7. The predicted octanol–water partition coefficient (Wildman–Crippen LogP) is 5.01. The summed E-state index contributed by atoms with van der Waals surface area (Å²) in [6, 6.07) is 18.0. The minimum Gasteiger partial charge on any atom is -0.325 e. The maximum atomic E-state index is 12.9. The summed E-state index contributed by atoms with van der Waals surface area (Å²) in [7, 11) is 0. The number of fused-ring (bicyclic) bond motifs is 3. The molecule has 0 saturated heterocycles. The molecule has 142 valence electrons. The number of carbonyl (C=O) groups excluding carboxylic acids is 1. The SMILES string of the molecule is CCC(Sc1nnc2cc(C)c3ccccc3n12)C(=O)Nc1ccccc1C. The Bertz CT molecular complexity index is 1170. The van der Waals surface area contributed by atoms with Gasteiger partial charge in [-0.1, -0.05) is 55.1 Å². The number of amides is 1. The molecule has 4 rings (SSSR count). The molecule has 6 heteroatoms. The van der Waals surface area contributed by atoms with E-state index < -0.39 is 0 Å². The number of nitrogens with one attached hydrogen (secondary N) is 1. The summed E-state index contributed by atoms with van der Waals surface area (Å²) in [5, 5.41) is 13.4. The topological polar surface area (TPSA) is 59.3 Å². The number of carbonyl (C=O) groups is 1. The van der Waals surface area contributed by atoms with Crippen LogP contribution in [0.4, 0.5) is 5.69 Å². The molecule has 0 radical (unpaired) electrons. The van der Waals surface area contributed by atoms with Gasteiger partial charge in [-0.3, -0.25) is 9.20 Å². The van der Waals surface area contributed by atoms with Crippen LogP contribution in [0.25, 0.3) is 16.6 Å². The van der Waals surface area contributed by atoms with Crippen LogP contribution >= 0.6 is 11.8 Å². The number of anilines is 1. The van der Waals surface area contributed by atoms with Crippen LogP contribution < -0.4 is 5.32 Å². The monoisotopic (exact) mass is 390 g/mol. The summed E-state index contributed by atoms with van der Waals surface area (Å²) in [4.78, 5) is 12.9. The highest BCUT2D eigenvalue weighted by molar-refractivity contribution is 8.00. The van der Waals surface area contributed by atoms with Crippen molar-refractivity contribution < 1.29 is 4.79 Å². The van der Waals surface area contributed by atoms with Crippen LogP contribution in [0.3, 0.4) is 0 Å². The first kappa shape index (κ1) is 18.5. The molecule has 0 aliphatic heterocycles. The first-order chi connectivity index (χ1) is 13.6. The smallest absolute Gasteiger partial charge is 0.237 e. The molecule has 4 aromatic rings. The van der Waals surface area contributed by atoms with E-state index in [-0.39, 0.29) is 11.2 Å². The van der Waals surface area contributed by atoms with Crippen molar-refractivity contribution in [3.63, 3.8) is 0 Å². The van der Waals surface area contributed by atoms with E-state index in [4.69, 9.17) is 0 Å². The Labute approximate surface area is 168 Å². The number of aromatic nitrogens is 3. The van der Waals surface area contributed by atoms with Crippen LogP contribution in [0, 0.1) is 13.8 Å². The lowest BCUT2D eigenvalue weighted by Crippen LogP contribution is -2.25. The molecule has 5 nitrogen and oxygen atoms in total. The standard InChI is InChI=1S/C22H22N4OS/c1-4-19(21(27)23-17-11-7-5-9-14(17)2)28-22-25-24-20-13-15(3)16-10-6-8-12-18(16)26(20)22/h5-13,19H,4H2,1-3H3,(H,23,27). The number of para-hydroxylation sites is 2. The molecule has 0 fully saturated rings. The Hall–Kier alpha value is -2.86. The second-order valence-electron chi connectivity index (χ2n) is 6.84. The number of hydrogen-bond donors (Lipinski definition) is 1. The van der Waals surface area contributed by atoms with Gasteiger partial charge in [-0.15, -0.1) is 10.2 Å². The van der Waals surface area contributed by atoms with Crippen LogP contribution in [0.1, 0.15) is 24.5 Å². The fraction of sp³-hybridized carbons (Fsp3) is 0.227. The number of hydrogen-bond acceptors (Lipinski definition) is 4. The minimum atomic E-state index is -0.257. The molecule has 2 aromatic carbocycles. The van der Waals surface area contributed by atoms with E-state index in [2.05, 4.69) is 34.6 Å². The lowest BCUT2D eigenvalue weighted by atomic mass is 10.1. The highest BCUT2D eigenvalue weighted by atomic mass is 32.2. The average Bonchev–Trinajstić information content (AvgIpc) is 3.10. The summed E-state index contributed by atoms with van der Waals surface area (Å²) in [5.41, 5.74) is 4.91. The van der Waals surface area contributed by atoms with Gasteiger partial charge >= 0.3 is 0 Å². The third kappa shape index (κ3) is 3.36. The number of pyridine rings is 1. The van der Waals surface area contributed by atoms with E-state index in [1.54, 1.807) is 0 Å². The van der Waals surface area contributed by atoms with E-state index in [1.165, 1.54) is 11.8 Å². The van der Waals surface area contributed by atoms with Gasteiger partial charge in [0, 0.05) is 11.1 Å².